The Labute approximate surface area is 233 Å². The number of H-pyrrole nitrogens is 1. The number of halogens is 4. The number of aromatic nitrogens is 1. The SMILES string of the molecule is CS(=O)(=O)/C(F)=C\[C@H](C[C@H]1CCNC1=O)NC(=O)[C@H]1[C@@H]2CC[C@@H](CC2(F)F)N1C(=O)c1cc2cccc(Cl)c2[nH]1. The summed E-state index contributed by atoms with van der Waals surface area (Å²) in [5.41, 5.74) is 0.552. The van der Waals surface area contributed by atoms with Crippen LogP contribution in [0.5, 0.6) is 0 Å². The van der Waals surface area contributed by atoms with Crippen molar-refractivity contribution in [1.82, 2.24) is 20.5 Å². The third-order valence-corrected chi connectivity index (χ3v) is 9.15. The van der Waals surface area contributed by atoms with E-state index in [0.29, 0.717) is 41.2 Å². The van der Waals surface area contributed by atoms with Gasteiger partial charge in [0, 0.05) is 36.6 Å². The van der Waals surface area contributed by atoms with Gasteiger partial charge < -0.3 is 20.5 Å². The summed E-state index contributed by atoms with van der Waals surface area (Å²) in [6.07, 6.45) is 1.19. The molecule has 3 saturated heterocycles. The maximum absolute atomic E-state index is 15.1. The van der Waals surface area contributed by atoms with Gasteiger partial charge in [-0.25, -0.2) is 17.2 Å². The van der Waals surface area contributed by atoms with Crippen LogP contribution in [0.1, 0.15) is 42.6 Å². The topological polar surface area (TPSA) is 128 Å². The number of carbonyl (C=O) groups is 3. The number of benzene rings is 1. The first-order chi connectivity index (χ1) is 18.8. The van der Waals surface area contributed by atoms with E-state index in [1.54, 1.807) is 18.2 Å². The molecule has 216 valence electrons. The molecule has 4 aliphatic rings. The quantitative estimate of drug-likeness (QED) is 0.449. The standard InChI is InChI=1S/C26H28ClF3N4O5S/c1-40(38,39)20(28)11-15(9-14-7-8-31-23(14)35)32-24(36)22-17-6-5-16(12-26(17,29)30)34(22)25(37)19-10-13-3-2-4-18(27)21(13)33-19/h2-4,10-11,14-17,22,33H,5-9,12H2,1H3,(H,31,35)(H,32,36)/b20-11-/t14-,15+,16+,17+,22-/m1/s1. The molecular weight excluding hydrogens is 573 g/mol. The Kier molecular flexibility index (Phi) is 7.40. The van der Waals surface area contributed by atoms with Crippen molar-refractivity contribution >= 4 is 50.1 Å². The Morgan fingerprint density at radius 3 is 2.65 bits per heavy atom. The zero-order chi connectivity index (χ0) is 29.0. The summed E-state index contributed by atoms with van der Waals surface area (Å²) in [5.74, 6) is -7.37. The molecule has 40 heavy (non-hydrogen) atoms. The van der Waals surface area contributed by atoms with Crippen LogP contribution in [0.2, 0.25) is 5.02 Å². The van der Waals surface area contributed by atoms with Gasteiger partial charge in [0.15, 0.2) is 0 Å². The minimum atomic E-state index is -4.27. The molecule has 3 amide bonds. The summed E-state index contributed by atoms with van der Waals surface area (Å²) in [7, 11) is -4.27. The molecule has 9 nitrogen and oxygen atoms in total. The van der Waals surface area contributed by atoms with Crippen LogP contribution in [0.3, 0.4) is 0 Å². The van der Waals surface area contributed by atoms with Gasteiger partial charge in [0.05, 0.1) is 22.5 Å². The van der Waals surface area contributed by atoms with Gasteiger partial charge in [-0.3, -0.25) is 14.4 Å². The molecule has 5 atom stereocenters. The Hall–Kier alpha value is -3.06. The van der Waals surface area contributed by atoms with Gasteiger partial charge in [-0.1, -0.05) is 23.7 Å². The highest BCUT2D eigenvalue weighted by molar-refractivity contribution is 7.94. The van der Waals surface area contributed by atoms with Gasteiger partial charge in [-0.05, 0) is 43.9 Å². The first-order valence-electron chi connectivity index (χ1n) is 12.9. The minimum Gasteiger partial charge on any atom is -0.356 e. The number of aromatic amines is 1. The molecule has 0 unspecified atom stereocenters. The number of hydrogen-bond acceptors (Lipinski definition) is 5. The van der Waals surface area contributed by atoms with E-state index in [2.05, 4.69) is 15.6 Å². The normalized spacial score (nSPS) is 27.1. The summed E-state index contributed by atoms with van der Waals surface area (Å²) in [5, 5.41) is 4.55. The minimum absolute atomic E-state index is 0.0126. The van der Waals surface area contributed by atoms with Crippen molar-refractivity contribution in [2.75, 3.05) is 12.8 Å². The van der Waals surface area contributed by atoms with Crippen molar-refractivity contribution in [3.63, 3.8) is 0 Å². The molecule has 14 heteroatoms. The van der Waals surface area contributed by atoms with Gasteiger partial charge >= 0.3 is 0 Å². The van der Waals surface area contributed by atoms with Crippen molar-refractivity contribution in [3.8, 4) is 0 Å². The van der Waals surface area contributed by atoms with Gasteiger partial charge in [0.1, 0.15) is 11.7 Å². The maximum atomic E-state index is 15.1. The Balaban J connectivity index is 1.48. The molecule has 1 aliphatic carbocycles. The molecule has 2 aromatic rings. The zero-order valence-corrected chi connectivity index (χ0v) is 23.0. The predicted octanol–water partition coefficient (Wildman–Crippen LogP) is 3.32. The molecule has 1 saturated carbocycles. The van der Waals surface area contributed by atoms with E-state index in [0.717, 1.165) is 4.90 Å². The van der Waals surface area contributed by atoms with E-state index in [-0.39, 0.29) is 30.9 Å². The van der Waals surface area contributed by atoms with Crippen molar-refractivity contribution in [1.29, 1.82) is 0 Å². The molecule has 1 aromatic heterocycles. The number of amides is 3. The van der Waals surface area contributed by atoms with E-state index >= 15 is 8.78 Å². The lowest BCUT2D eigenvalue weighted by Gasteiger charge is -2.53. The first-order valence-corrected chi connectivity index (χ1v) is 15.2. The highest BCUT2D eigenvalue weighted by Gasteiger charge is 2.60. The van der Waals surface area contributed by atoms with Crippen LogP contribution >= 0.6 is 11.6 Å². The van der Waals surface area contributed by atoms with Crippen LogP contribution in [-0.4, -0.2) is 72.9 Å². The highest BCUT2D eigenvalue weighted by Crippen LogP contribution is 2.49. The third kappa shape index (κ3) is 5.32. The van der Waals surface area contributed by atoms with Crippen LogP contribution in [0.4, 0.5) is 13.2 Å². The lowest BCUT2D eigenvalue weighted by atomic mass is 9.71. The second kappa shape index (κ2) is 10.4. The number of piperidine rings is 2. The average molecular weight is 601 g/mol. The monoisotopic (exact) mass is 600 g/mol. The van der Waals surface area contributed by atoms with Crippen LogP contribution in [0, 0.1) is 11.8 Å². The lowest BCUT2D eigenvalue weighted by Crippen LogP contribution is -2.68. The Morgan fingerprint density at radius 1 is 1.27 bits per heavy atom. The van der Waals surface area contributed by atoms with Crippen molar-refractivity contribution in [3.05, 3.63) is 46.2 Å². The number of carbonyl (C=O) groups excluding carboxylic acids is 3. The van der Waals surface area contributed by atoms with Crippen molar-refractivity contribution in [2.24, 2.45) is 11.8 Å². The van der Waals surface area contributed by atoms with Crippen LogP contribution in [0.15, 0.2) is 35.5 Å². The number of para-hydroxylation sites is 1. The average Bonchev–Trinajstić information content (AvgIpc) is 3.49. The Bertz CT molecular complexity index is 1510. The molecule has 4 heterocycles. The summed E-state index contributed by atoms with van der Waals surface area (Å²) in [6.45, 7) is 0.359. The van der Waals surface area contributed by atoms with Crippen LogP contribution < -0.4 is 10.6 Å². The smallest absolute Gasteiger partial charge is 0.271 e. The molecule has 0 spiro atoms. The molecule has 0 radical (unpaired) electrons. The van der Waals surface area contributed by atoms with Gasteiger partial charge in [-0.2, -0.15) is 4.39 Å². The van der Waals surface area contributed by atoms with Gasteiger partial charge in [0.2, 0.25) is 26.8 Å². The summed E-state index contributed by atoms with van der Waals surface area (Å²) in [6, 6.07) is 2.74. The predicted molar refractivity (Wildman–Crippen MR) is 141 cm³/mol. The van der Waals surface area contributed by atoms with Crippen molar-refractivity contribution in [2.45, 2.75) is 56.2 Å². The summed E-state index contributed by atoms with van der Waals surface area (Å²) in [4.78, 5) is 43.6. The fourth-order valence-electron chi connectivity index (χ4n) is 6.07. The van der Waals surface area contributed by atoms with E-state index in [1.807, 2.05) is 0 Å². The highest BCUT2D eigenvalue weighted by atomic mass is 35.5. The van der Waals surface area contributed by atoms with E-state index in [9.17, 15) is 27.2 Å². The Morgan fingerprint density at radius 2 is 2.02 bits per heavy atom. The molecule has 2 bridgehead atoms. The van der Waals surface area contributed by atoms with Crippen LogP contribution in [0.25, 0.3) is 10.9 Å². The van der Waals surface area contributed by atoms with Gasteiger partial charge in [0.25, 0.3) is 11.8 Å². The number of alkyl halides is 2. The largest absolute Gasteiger partial charge is 0.356 e. The first kappa shape index (κ1) is 28.5. The van der Waals surface area contributed by atoms with E-state index in [4.69, 9.17) is 11.6 Å². The lowest BCUT2D eigenvalue weighted by molar-refractivity contribution is -0.179. The fourth-order valence-corrected chi connectivity index (χ4v) is 6.71. The third-order valence-electron chi connectivity index (χ3n) is 7.99. The zero-order valence-electron chi connectivity index (χ0n) is 21.4. The van der Waals surface area contributed by atoms with Crippen molar-refractivity contribution < 1.29 is 36.0 Å². The summed E-state index contributed by atoms with van der Waals surface area (Å²) >= 11 is 6.22. The second-order valence-electron chi connectivity index (χ2n) is 10.7. The molecule has 3 N–H and O–H groups in total. The van der Waals surface area contributed by atoms with Crippen LogP contribution in [-0.2, 0) is 19.4 Å². The molecule has 3 aliphatic heterocycles. The molecule has 4 fully saturated rings. The van der Waals surface area contributed by atoms with E-state index < -0.39 is 69.1 Å². The number of sulfone groups is 1. The summed E-state index contributed by atoms with van der Waals surface area (Å²) < 4.78 is 68.2. The molecule has 6 rings (SSSR count). The number of hydrogen-bond donors (Lipinski definition) is 3. The fraction of sp³-hybridized carbons (Fsp3) is 0.500. The second-order valence-corrected chi connectivity index (χ2v) is 13.1. The number of nitrogens with zero attached hydrogens (tertiary/aromatic N) is 1. The number of rotatable bonds is 7. The number of nitrogens with one attached hydrogen (secondary N) is 3. The number of fused-ring (bicyclic) bond motifs is 4. The molecule has 1 aromatic carbocycles. The van der Waals surface area contributed by atoms with Gasteiger partial charge in [-0.15, -0.1) is 0 Å². The maximum Gasteiger partial charge on any atom is 0.271 e. The molecular formula is C26H28ClF3N4O5S. The van der Waals surface area contributed by atoms with E-state index in [1.165, 1.54) is 6.07 Å².